The van der Waals surface area contributed by atoms with E-state index < -0.39 is 5.97 Å². The van der Waals surface area contributed by atoms with Gasteiger partial charge in [-0.15, -0.1) is 22.7 Å². The van der Waals surface area contributed by atoms with Crippen LogP contribution in [0.1, 0.15) is 19.4 Å². The molecule has 0 aliphatic heterocycles. The van der Waals surface area contributed by atoms with Crippen molar-refractivity contribution in [2.24, 2.45) is 0 Å². The van der Waals surface area contributed by atoms with E-state index in [2.05, 4.69) is 5.32 Å². The van der Waals surface area contributed by atoms with Crippen LogP contribution in [0.3, 0.4) is 0 Å². The maximum Gasteiger partial charge on any atom is 0.328 e. The Morgan fingerprint density at radius 1 is 1.24 bits per heavy atom. The number of carbonyl (C=O) groups is 2. The highest BCUT2D eigenvalue weighted by atomic mass is 35.5. The van der Waals surface area contributed by atoms with Crippen LogP contribution < -0.4 is 5.32 Å². The molecule has 0 aliphatic carbocycles. The molecule has 0 atom stereocenters. The smallest absolute Gasteiger partial charge is 0.328 e. The van der Waals surface area contributed by atoms with E-state index in [-0.39, 0.29) is 5.91 Å². The first kappa shape index (κ1) is 15.8. The van der Waals surface area contributed by atoms with Gasteiger partial charge in [-0.25, -0.2) is 4.79 Å². The van der Waals surface area contributed by atoms with Gasteiger partial charge in [-0.2, -0.15) is 0 Å². The van der Waals surface area contributed by atoms with Crippen LogP contribution in [0.2, 0.25) is 4.34 Å². The van der Waals surface area contributed by atoms with Crippen LogP contribution in [0.4, 0.5) is 0 Å². The Kier molecular flexibility index (Phi) is 5.55. The van der Waals surface area contributed by atoms with Gasteiger partial charge in [-0.05, 0) is 36.8 Å². The largest absolute Gasteiger partial charge is 0.478 e. The number of carboxylic acid groups (broad SMARTS) is 1. The second-order valence-corrected chi connectivity index (χ2v) is 7.00. The van der Waals surface area contributed by atoms with Crippen LogP contribution in [0.25, 0.3) is 6.08 Å². The standard InChI is InChI=1S/C14H12ClNO3S2/c15-12-5-2-10(21-12)7-8-16-14(19)11-4-1-9(20-11)3-6-13(17)18/h1-6H,7-8H2,(H,16,19)(H,17,18)/b6-3+. The molecule has 0 saturated heterocycles. The van der Waals surface area contributed by atoms with E-state index in [1.807, 2.05) is 12.1 Å². The lowest BCUT2D eigenvalue weighted by atomic mass is 10.3. The van der Waals surface area contributed by atoms with E-state index in [1.54, 1.807) is 12.1 Å². The van der Waals surface area contributed by atoms with Crippen molar-refractivity contribution < 1.29 is 14.7 Å². The zero-order valence-corrected chi connectivity index (χ0v) is 13.2. The molecule has 0 bridgehead atoms. The summed E-state index contributed by atoms with van der Waals surface area (Å²) in [5.41, 5.74) is 0. The molecule has 21 heavy (non-hydrogen) atoms. The minimum atomic E-state index is -1.01. The lowest BCUT2D eigenvalue weighted by Crippen LogP contribution is -2.24. The average molecular weight is 342 g/mol. The number of nitrogens with one attached hydrogen (secondary N) is 1. The second-order valence-electron chi connectivity index (χ2n) is 4.09. The monoisotopic (exact) mass is 341 g/mol. The fourth-order valence-corrected chi connectivity index (χ4v) is 3.50. The SMILES string of the molecule is O=C(O)/C=C/c1ccc(C(=O)NCCc2ccc(Cl)s2)s1. The van der Waals surface area contributed by atoms with Crippen molar-refractivity contribution in [1.29, 1.82) is 0 Å². The number of carboxylic acids is 1. The molecule has 2 aromatic rings. The molecule has 0 saturated carbocycles. The summed E-state index contributed by atoms with van der Waals surface area (Å²) in [6, 6.07) is 7.18. The van der Waals surface area contributed by atoms with Gasteiger partial charge in [0.15, 0.2) is 0 Å². The van der Waals surface area contributed by atoms with Gasteiger partial charge in [0, 0.05) is 22.4 Å². The van der Waals surface area contributed by atoms with Gasteiger partial charge in [0.2, 0.25) is 0 Å². The van der Waals surface area contributed by atoms with Crippen molar-refractivity contribution in [2.45, 2.75) is 6.42 Å². The quantitative estimate of drug-likeness (QED) is 0.790. The van der Waals surface area contributed by atoms with Crippen molar-refractivity contribution >= 4 is 52.2 Å². The number of carbonyl (C=O) groups excluding carboxylic acids is 1. The molecular formula is C14H12ClNO3S2. The van der Waals surface area contributed by atoms with Crippen LogP contribution in [-0.4, -0.2) is 23.5 Å². The fraction of sp³-hybridized carbons (Fsp3) is 0.143. The maximum absolute atomic E-state index is 11.9. The van der Waals surface area contributed by atoms with E-state index in [0.717, 1.165) is 26.6 Å². The van der Waals surface area contributed by atoms with Gasteiger partial charge in [-0.1, -0.05) is 11.6 Å². The maximum atomic E-state index is 11.9. The minimum absolute atomic E-state index is 0.155. The topological polar surface area (TPSA) is 66.4 Å². The number of rotatable bonds is 6. The molecule has 0 radical (unpaired) electrons. The van der Waals surface area contributed by atoms with Crippen LogP contribution in [0.15, 0.2) is 30.3 Å². The Balaban J connectivity index is 1.84. The highest BCUT2D eigenvalue weighted by Gasteiger charge is 2.08. The molecule has 2 rings (SSSR count). The van der Waals surface area contributed by atoms with E-state index in [9.17, 15) is 9.59 Å². The van der Waals surface area contributed by atoms with Gasteiger partial charge in [0.1, 0.15) is 0 Å². The summed E-state index contributed by atoms with van der Waals surface area (Å²) in [5.74, 6) is -1.17. The van der Waals surface area contributed by atoms with Crippen molar-refractivity contribution in [3.05, 3.63) is 49.3 Å². The summed E-state index contributed by atoms with van der Waals surface area (Å²) in [6.07, 6.45) is 3.26. The third kappa shape index (κ3) is 5.00. The lowest BCUT2D eigenvalue weighted by molar-refractivity contribution is -0.131. The normalized spacial score (nSPS) is 10.9. The molecule has 0 aliphatic rings. The van der Waals surface area contributed by atoms with Crippen LogP contribution >= 0.6 is 34.3 Å². The summed E-state index contributed by atoms with van der Waals surface area (Å²) in [7, 11) is 0. The van der Waals surface area contributed by atoms with E-state index in [0.29, 0.717) is 11.4 Å². The van der Waals surface area contributed by atoms with Gasteiger partial charge < -0.3 is 10.4 Å². The summed E-state index contributed by atoms with van der Waals surface area (Å²) in [5, 5.41) is 11.4. The molecule has 2 N–H and O–H groups in total. The average Bonchev–Trinajstić information content (AvgIpc) is 3.05. The number of aliphatic carboxylic acids is 1. The number of hydrogen-bond acceptors (Lipinski definition) is 4. The first-order valence-electron chi connectivity index (χ1n) is 6.08. The van der Waals surface area contributed by atoms with Gasteiger partial charge >= 0.3 is 5.97 Å². The predicted octanol–water partition coefficient (Wildman–Crippen LogP) is 3.53. The van der Waals surface area contributed by atoms with Crippen molar-refractivity contribution in [1.82, 2.24) is 5.32 Å². The Hall–Kier alpha value is -1.63. The predicted molar refractivity (Wildman–Crippen MR) is 86.4 cm³/mol. The Morgan fingerprint density at radius 3 is 2.71 bits per heavy atom. The molecule has 0 spiro atoms. The zero-order chi connectivity index (χ0) is 15.2. The molecule has 0 unspecified atom stereocenters. The molecule has 7 heteroatoms. The van der Waals surface area contributed by atoms with Crippen LogP contribution in [-0.2, 0) is 11.2 Å². The first-order valence-corrected chi connectivity index (χ1v) is 8.09. The second kappa shape index (κ2) is 7.40. The van der Waals surface area contributed by atoms with Gasteiger partial charge in [-0.3, -0.25) is 4.79 Å². The van der Waals surface area contributed by atoms with Crippen molar-refractivity contribution in [3.8, 4) is 0 Å². The number of amides is 1. The third-order valence-corrected chi connectivity index (χ3v) is 4.87. The number of thiophene rings is 2. The van der Waals surface area contributed by atoms with Gasteiger partial charge in [0.25, 0.3) is 5.91 Å². The Labute approximate surface area is 134 Å². The zero-order valence-electron chi connectivity index (χ0n) is 10.8. The van der Waals surface area contributed by atoms with Gasteiger partial charge in [0.05, 0.1) is 9.21 Å². The number of hydrogen-bond donors (Lipinski definition) is 2. The number of halogens is 1. The summed E-state index contributed by atoms with van der Waals surface area (Å²) in [4.78, 5) is 24.8. The molecule has 2 heterocycles. The highest BCUT2D eigenvalue weighted by Crippen LogP contribution is 2.21. The molecule has 0 aromatic carbocycles. The molecule has 2 aromatic heterocycles. The molecule has 1 amide bonds. The van der Waals surface area contributed by atoms with Crippen molar-refractivity contribution in [3.63, 3.8) is 0 Å². The van der Waals surface area contributed by atoms with E-state index in [4.69, 9.17) is 16.7 Å². The van der Waals surface area contributed by atoms with Crippen molar-refractivity contribution in [2.75, 3.05) is 6.54 Å². The van der Waals surface area contributed by atoms with Crippen LogP contribution in [0.5, 0.6) is 0 Å². The molecule has 0 fully saturated rings. The lowest BCUT2D eigenvalue weighted by Gasteiger charge is -2.01. The Bertz CT molecular complexity index is 675. The third-order valence-electron chi connectivity index (χ3n) is 2.53. The van der Waals surface area contributed by atoms with E-state index >= 15 is 0 Å². The van der Waals surface area contributed by atoms with Crippen LogP contribution in [0, 0.1) is 0 Å². The molecular weight excluding hydrogens is 330 g/mol. The highest BCUT2D eigenvalue weighted by molar-refractivity contribution is 7.16. The first-order chi connectivity index (χ1) is 10.0. The summed E-state index contributed by atoms with van der Waals surface area (Å²) >= 11 is 8.59. The summed E-state index contributed by atoms with van der Waals surface area (Å²) < 4.78 is 0.740. The minimum Gasteiger partial charge on any atom is -0.478 e. The molecule has 110 valence electrons. The molecule has 4 nitrogen and oxygen atoms in total. The Morgan fingerprint density at radius 2 is 2.05 bits per heavy atom. The fourth-order valence-electron chi connectivity index (χ4n) is 1.59. The summed E-state index contributed by atoms with van der Waals surface area (Å²) in [6.45, 7) is 0.536. The van der Waals surface area contributed by atoms with E-state index in [1.165, 1.54) is 28.7 Å².